The summed E-state index contributed by atoms with van der Waals surface area (Å²) in [5, 5.41) is 0. The maximum absolute atomic E-state index is 12.2. The number of carbonyl (C=O) groups excluding carboxylic acids is 1. The zero-order chi connectivity index (χ0) is 15.0. The zero-order valence-corrected chi connectivity index (χ0v) is 14.2. The first-order chi connectivity index (χ1) is 10.0. The molecule has 0 spiro atoms. The molecule has 3 rings (SSSR count). The minimum absolute atomic E-state index is 0.148. The van der Waals surface area contributed by atoms with Crippen LogP contribution in [0.3, 0.4) is 0 Å². The van der Waals surface area contributed by atoms with Gasteiger partial charge in [-0.3, -0.25) is 4.79 Å². The van der Waals surface area contributed by atoms with Crippen molar-refractivity contribution in [3.05, 3.63) is 48.0 Å². The van der Waals surface area contributed by atoms with Gasteiger partial charge < -0.3 is 9.47 Å². The lowest BCUT2D eigenvalue weighted by atomic mass is 9.84. The molecule has 1 aliphatic heterocycles. The molecule has 110 valence electrons. The third kappa shape index (κ3) is 2.78. The third-order valence-electron chi connectivity index (χ3n) is 4.43. The summed E-state index contributed by atoms with van der Waals surface area (Å²) in [5.41, 5.74) is 1.81. The Morgan fingerprint density at radius 1 is 1.48 bits per heavy atom. The fourth-order valence-electron chi connectivity index (χ4n) is 3.49. The molecule has 21 heavy (non-hydrogen) atoms. The molecule has 0 radical (unpaired) electrons. The van der Waals surface area contributed by atoms with Crippen LogP contribution < -0.4 is 0 Å². The molecule has 0 N–H and O–H groups in total. The Morgan fingerprint density at radius 3 is 2.81 bits per heavy atom. The van der Waals surface area contributed by atoms with Gasteiger partial charge in [0.15, 0.2) is 0 Å². The summed E-state index contributed by atoms with van der Waals surface area (Å²) in [6.07, 6.45) is 1.09. The van der Waals surface area contributed by atoms with Crippen LogP contribution in [0.4, 0.5) is 0 Å². The van der Waals surface area contributed by atoms with Crippen molar-refractivity contribution in [2.45, 2.75) is 35.0 Å². The number of rotatable bonds is 4. The molecule has 5 heteroatoms. The molecule has 2 unspecified atom stereocenters. The minimum Gasteiger partial charge on any atom is -0.461 e. The molecule has 2 bridgehead atoms. The van der Waals surface area contributed by atoms with E-state index in [2.05, 4.69) is 37.0 Å². The minimum atomic E-state index is -0.407. The van der Waals surface area contributed by atoms with Gasteiger partial charge in [-0.1, -0.05) is 65.1 Å². The average molecular weight is 396 g/mol. The summed E-state index contributed by atoms with van der Waals surface area (Å²) in [6.45, 7) is 4.47. The van der Waals surface area contributed by atoms with Gasteiger partial charge in [0.05, 0.1) is 12.0 Å². The SMILES string of the molecule is B[C@@H]1O[C@]2(CC(=O)OCc3ccccc3)CC(=C)C1C2I. The Bertz CT molecular complexity index is 562. The monoisotopic (exact) mass is 396 g/mol. The van der Waals surface area contributed by atoms with Crippen LogP contribution in [0, 0.1) is 5.92 Å². The Morgan fingerprint density at radius 2 is 2.19 bits per heavy atom. The van der Waals surface area contributed by atoms with Crippen molar-refractivity contribution in [2.75, 3.05) is 0 Å². The van der Waals surface area contributed by atoms with Gasteiger partial charge in [0.2, 0.25) is 0 Å². The second-order valence-corrected chi connectivity index (χ2v) is 7.32. The van der Waals surface area contributed by atoms with E-state index in [0.717, 1.165) is 12.0 Å². The van der Waals surface area contributed by atoms with Gasteiger partial charge in [-0.15, -0.1) is 0 Å². The first-order valence-corrected chi connectivity index (χ1v) is 8.45. The summed E-state index contributed by atoms with van der Waals surface area (Å²) in [6, 6.07) is 9.88. The lowest BCUT2D eigenvalue weighted by Crippen LogP contribution is -2.37. The van der Waals surface area contributed by atoms with Crippen molar-refractivity contribution in [3.8, 4) is 0 Å². The third-order valence-corrected chi connectivity index (χ3v) is 6.34. The number of ether oxygens (including phenoxy) is 2. The van der Waals surface area contributed by atoms with E-state index in [1.54, 1.807) is 0 Å². The van der Waals surface area contributed by atoms with Crippen LogP contribution in [0.5, 0.6) is 0 Å². The van der Waals surface area contributed by atoms with Gasteiger partial charge in [0.1, 0.15) is 14.5 Å². The van der Waals surface area contributed by atoms with Crippen LogP contribution in [-0.2, 0) is 20.9 Å². The summed E-state index contributed by atoms with van der Waals surface area (Å²) >= 11 is 2.41. The van der Waals surface area contributed by atoms with Gasteiger partial charge in [-0.2, -0.15) is 0 Å². The van der Waals surface area contributed by atoms with Crippen molar-refractivity contribution < 1.29 is 14.3 Å². The van der Waals surface area contributed by atoms with E-state index < -0.39 is 5.60 Å². The number of alkyl halides is 1. The van der Waals surface area contributed by atoms with E-state index in [4.69, 9.17) is 9.47 Å². The fourth-order valence-corrected chi connectivity index (χ4v) is 5.17. The largest absolute Gasteiger partial charge is 0.461 e. The summed E-state index contributed by atoms with van der Waals surface area (Å²) in [7, 11) is 2.07. The van der Waals surface area contributed by atoms with Gasteiger partial charge in [0.25, 0.3) is 0 Å². The van der Waals surface area contributed by atoms with E-state index in [0.29, 0.717) is 22.9 Å². The van der Waals surface area contributed by atoms with Crippen molar-refractivity contribution in [1.82, 2.24) is 0 Å². The molecule has 1 aromatic carbocycles. The van der Waals surface area contributed by atoms with E-state index in [-0.39, 0.29) is 12.0 Å². The predicted octanol–water partition coefficient (Wildman–Crippen LogP) is 2.23. The van der Waals surface area contributed by atoms with Crippen LogP contribution in [0.1, 0.15) is 18.4 Å². The number of benzene rings is 1. The average Bonchev–Trinajstić information content (AvgIpc) is 2.82. The number of esters is 1. The molecular formula is C16H18BIO3. The number of fused-ring (bicyclic) bond motifs is 2. The Kier molecular flexibility index (Phi) is 4.14. The van der Waals surface area contributed by atoms with Crippen LogP contribution in [-0.4, -0.2) is 29.3 Å². The van der Waals surface area contributed by atoms with E-state index >= 15 is 0 Å². The molecule has 2 aliphatic rings. The Labute approximate surface area is 139 Å². The predicted molar refractivity (Wildman–Crippen MR) is 92.1 cm³/mol. The molecule has 1 saturated carbocycles. The second-order valence-electron chi connectivity index (χ2n) is 5.97. The van der Waals surface area contributed by atoms with E-state index in [1.807, 2.05) is 30.3 Å². The zero-order valence-electron chi connectivity index (χ0n) is 12.0. The molecular weight excluding hydrogens is 378 g/mol. The van der Waals surface area contributed by atoms with Crippen LogP contribution >= 0.6 is 22.6 Å². The number of hydrogen-bond donors (Lipinski definition) is 0. The lowest BCUT2D eigenvalue weighted by Gasteiger charge is -2.30. The number of carbonyl (C=O) groups is 1. The molecule has 0 amide bonds. The number of hydrogen-bond acceptors (Lipinski definition) is 3. The standard InChI is InChI=1S/C16H18BIO3/c1-10-7-16(14(18)13(10)15(17)21-16)8-12(19)20-9-11-5-3-2-4-6-11/h2-6,13-15H,1,7-9,17H2/t13?,14?,15-,16+/m1/s1. The first-order valence-electron chi connectivity index (χ1n) is 7.21. The Balaban J connectivity index is 1.61. The molecule has 0 aromatic heterocycles. The Hall–Kier alpha value is -0.815. The van der Waals surface area contributed by atoms with Crippen LogP contribution in [0.25, 0.3) is 0 Å². The van der Waals surface area contributed by atoms with E-state index in [1.165, 1.54) is 5.57 Å². The molecule has 1 saturated heterocycles. The topological polar surface area (TPSA) is 35.5 Å². The molecule has 1 aliphatic carbocycles. The highest BCUT2D eigenvalue weighted by Crippen LogP contribution is 2.55. The van der Waals surface area contributed by atoms with Crippen molar-refractivity contribution in [3.63, 3.8) is 0 Å². The molecule has 4 atom stereocenters. The van der Waals surface area contributed by atoms with Gasteiger partial charge in [-0.05, 0) is 12.0 Å². The smallest absolute Gasteiger partial charge is 0.309 e. The highest BCUT2D eigenvalue weighted by Gasteiger charge is 2.59. The highest BCUT2D eigenvalue weighted by atomic mass is 127. The summed E-state index contributed by atoms with van der Waals surface area (Å²) in [4.78, 5) is 12.2. The lowest BCUT2D eigenvalue weighted by molar-refractivity contribution is -0.151. The van der Waals surface area contributed by atoms with Crippen LogP contribution in [0.15, 0.2) is 42.5 Å². The van der Waals surface area contributed by atoms with Crippen molar-refractivity contribution in [2.24, 2.45) is 5.92 Å². The van der Waals surface area contributed by atoms with Gasteiger partial charge >= 0.3 is 5.97 Å². The highest BCUT2D eigenvalue weighted by molar-refractivity contribution is 14.1. The van der Waals surface area contributed by atoms with Gasteiger partial charge in [0, 0.05) is 15.8 Å². The normalized spacial score (nSPS) is 34.1. The van der Waals surface area contributed by atoms with Gasteiger partial charge in [-0.25, -0.2) is 0 Å². The first kappa shape index (κ1) is 15.1. The quantitative estimate of drug-likeness (QED) is 0.258. The fraction of sp³-hybridized carbons (Fsp3) is 0.438. The summed E-state index contributed by atoms with van der Waals surface area (Å²) < 4.78 is 11.8. The molecule has 1 aromatic rings. The van der Waals surface area contributed by atoms with Crippen LogP contribution in [0.2, 0.25) is 0 Å². The van der Waals surface area contributed by atoms with Crippen molar-refractivity contribution in [1.29, 1.82) is 0 Å². The molecule has 2 fully saturated rings. The maximum Gasteiger partial charge on any atom is 0.309 e. The molecule has 3 nitrogen and oxygen atoms in total. The summed E-state index contributed by atoms with van der Waals surface area (Å²) in [5.74, 6) is 0.176. The maximum atomic E-state index is 12.2. The molecule has 1 heterocycles. The number of halogens is 1. The van der Waals surface area contributed by atoms with E-state index in [9.17, 15) is 4.79 Å². The second kappa shape index (κ2) is 5.76. The van der Waals surface area contributed by atoms with Crippen molar-refractivity contribution >= 4 is 36.4 Å².